The summed E-state index contributed by atoms with van der Waals surface area (Å²) in [6, 6.07) is 0.729. The summed E-state index contributed by atoms with van der Waals surface area (Å²) in [6.07, 6.45) is 4.94. The smallest absolute Gasteiger partial charge is 0.218 e. The molecule has 5 fully saturated rings. The first-order chi connectivity index (χ1) is 14.6. The molecule has 0 radical (unpaired) electrons. The maximum Gasteiger partial charge on any atom is 0.218 e. The van der Waals surface area contributed by atoms with Crippen molar-refractivity contribution in [1.29, 1.82) is 0 Å². The molecule has 11 unspecified atom stereocenters. The van der Waals surface area contributed by atoms with Gasteiger partial charge in [0.1, 0.15) is 12.1 Å². The highest BCUT2D eigenvalue weighted by Gasteiger charge is 2.69. The second kappa shape index (κ2) is 7.65. The van der Waals surface area contributed by atoms with Crippen molar-refractivity contribution < 1.29 is 28.0 Å². The van der Waals surface area contributed by atoms with Crippen molar-refractivity contribution in [3.8, 4) is 0 Å². The molecular formula is C22H38N3O5S+. The van der Waals surface area contributed by atoms with Gasteiger partial charge in [-0.1, -0.05) is 0 Å². The number of aliphatic hydroxyl groups is 1. The standard InChI is InChI=1S/C22H37N3O5S/c1-11(26)23-17-10-15-18-19-13(14-9-12(27)5-6-16(14)25(17)19)7-8-24(2)20(18)21(30-3)22(15)31(4,28)29/h12-22,27H,5-10H2,1-4H3,(H,23,26)/p+1/t12?,13?,14?,15?,16?,17-,18?,19?,20?,21?,22?/m0/s1. The van der Waals surface area contributed by atoms with Gasteiger partial charge in [0.25, 0.3) is 0 Å². The zero-order valence-corrected chi connectivity index (χ0v) is 19.8. The normalized spacial score (nSPS) is 51.6. The minimum absolute atomic E-state index is 0.0244. The second-order valence-electron chi connectivity index (χ2n) is 10.9. The predicted molar refractivity (Wildman–Crippen MR) is 115 cm³/mol. The Bertz CT molecular complexity index is 837. The number of likely N-dealkylation sites (N-methyl/N-ethyl adjacent to an activating group) is 1. The molecule has 3 aliphatic heterocycles. The molecular weight excluding hydrogens is 418 g/mol. The molecule has 8 nitrogen and oxygen atoms in total. The summed E-state index contributed by atoms with van der Waals surface area (Å²) in [4.78, 5) is 16.1. The van der Waals surface area contributed by atoms with Crippen LogP contribution in [-0.4, -0.2) is 93.0 Å². The maximum atomic E-state index is 13.0. The number of amides is 1. The monoisotopic (exact) mass is 456 g/mol. The second-order valence-corrected chi connectivity index (χ2v) is 13.1. The van der Waals surface area contributed by atoms with Gasteiger partial charge in [0.05, 0.1) is 31.1 Å². The Hall–Kier alpha value is -0.740. The van der Waals surface area contributed by atoms with Crippen LogP contribution in [0, 0.1) is 23.7 Å². The first-order valence-corrected chi connectivity index (χ1v) is 13.9. The zero-order chi connectivity index (χ0) is 22.2. The number of carbonyl (C=O) groups is 1. The van der Waals surface area contributed by atoms with E-state index in [2.05, 4.69) is 17.3 Å². The largest absolute Gasteiger partial charge is 0.393 e. The molecule has 3 heterocycles. The van der Waals surface area contributed by atoms with Crippen LogP contribution in [-0.2, 0) is 19.4 Å². The first kappa shape index (κ1) is 22.1. The van der Waals surface area contributed by atoms with Crippen LogP contribution in [0.1, 0.15) is 39.0 Å². The minimum atomic E-state index is -3.32. The van der Waals surface area contributed by atoms with E-state index in [4.69, 9.17) is 4.74 Å². The molecule has 31 heavy (non-hydrogen) atoms. The number of hydrogen-bond donors (Lipinski definition) is 3. The number of methoxy groups -OCH3 is 1. The van der Waals surface area contributed by atoms with Crippen molar-refractivity contribution in [2.75, 3.05) is 27.0 Å². The van der Waals surface area contributed by atoms with Crippen molar-refractivity contribution in [2.45, 2.75) is 80.8 Å². The van der Waals surface area contributed by atoms with Crippen LogP contribution < -0.4 is 10.2 Å². The number of quaternary nitrogens is 1. The van der Waals surface area contributed by atoms with Gasteiger partial charge >= 0.3 is 0 Å². The van der Waals surface area contributed by atoms with Gasteiger partial charge in [-0.15, -0.1) is 0 Å². The molecule has 5 aliphatic rings. The number of carbonyl (C=O) groups excluding carboxylic acids is 1. The number of nitrogens with one attached hydrogen (secondary N) is 2. The van der Waals surface area contributed by atoms with E-state index in [0.29, 0.717) is 24.3 Å². The molecule has 0 aromatic carbocycles. The van der Waals surface area contributed by atoms with E-state index in [1.165, 1.54) is 11.2 Å². The fraction of sp³-hybridized carbons (Fsp3) is 0.955. The minimum Gasteiger partial charge on any atom is -0.393 e. The summed E-state index contributed by atoms with van der Waals surface area (Å²) in [5, 5.41) is 13.1. The van der Waals surface area contributed by atoms with E-state index in [1.807, 2.05) is 0 Å². The van der Waals surface area contributed by atoms with E-state index in [0.717, 1.165) is 32.2 Å². The molecule has 12 atom stereocenters. The van der Waals surface area contributed by atoms with E-state index >= 15 is 0 Å². The third-order valence-electron chi connectivity index (χ3n) is 9.39. The summed E-state index contributed by atoms with van der Waals surface area (Å²) in [5.41, 5.74) is 0. The zero-order valence-electron chi connectivity index (χ0n) is 19.0. The number of nitrogens with zero attached hydrogens (tertiary/aromatic N) is 1. The number of likely N-dealkylation sites (tertiary alicyclic amines) is 1. The van der Waals surface area contributed by atoms with Crippen LogP contribution in [0.2, 0.25) is 0 Å². The molecule has 3 N–H and O–H groups in total. The molecule has 0 spiro atoms. The quantitative estimate of drug-likeness (QED) is 0.485. The highest BCUT2D eigenvalue weighted by atomic mass is 32.2. The van der Waals surface area contributed by atoms with Gasteiger partial charge in [-0.25, -0.2) is 8.42 Å². The number of fused-ring (bicyclic) bond motifs is 3. The third-order valence-corrected chi connectivity index (χ3v) is 11.0. The Morgan fingerprint density at radius 3 is 2.55 bits per heavy atom. The number of ether oxygens (including phenoxy) is 1. The Morgan fingerprint density at radius 2 is 1.90 bits per heavy atom. The van der Waals surface area contributed by atoms with Crippen LogP contribution in [0.25, 0.3) is 0 Å². The third kappa shape index (κ3) is 3.29. The number of rotatable bonds is 3. The SMILES string of the molecule is COC1C2C3C(C[C@@H](NC(C)=O)N4C5CCC(O)CC5C(CC[NH+]2C)C34)C1S(C)(=O)=O. The van der Waals surface area contributed by atoms with Gasteiger partial charge < -0.3 is 20.1 Å². The highest BCUT2D eigenvalue weighted by Crippen LogP contribution is 2.57. The topological polar surface area (TPSA) is 100 Å². The van der Waals surface area contributed by atoms with Crippen LogP contribution in [0.3, 0.4) is 0 Å². The lowest BCUT2D eigenvalue weighted by atomic mass is 9.71. The Balaban J connectivity index is 1.64. The summed E-state index contributed by atoms with van der Waals surface area (Å²) in [5.74, 6) is 0.978. The van der Waals surface area contributed by atoms with Gasteiger partial charge in [-0.2, -0.15) is 0 Å². The lowest BCUT2D eigenvalue weighted by molar-refractivity contribution is -0.911. The summed E-state index contributed by atoms with van der Waals surface area (Å²) in [6.45, 7) is 2.54. The molecule has 0 bridgehead atoms. The van der Waals surface area contributed by atoms with Crippen LogP contribution in [0.15, 0.2) is 0 Å². The van der Waals surface area contributed by atoms with Crippen LogP contribution in [0.5, 0.6) is 0 Å². The Morgan fingerprint density at radius 1 is 1.16 bits per heavy atom. The number of sulfone groups is 1. The molecule has 0 aromatic rings. The molecule has 5 rings (SSSR count). The van der Waals surface area contributed by atoms with Crippen molar-refractivity contribution >= 4 is 15.7 Å². The Kier molecular flexibility index (Phi) is 5.45. The lowest BCUT2D eigenvalue weighted by Gasteiger charge is -2.49. The van der Waals surface area contributed by atoms with Crippen molar-refractivity contribution in [1.82, 2.24) is 10.2 Å². The van der Waals surface area contributed by atoms with Crippen molar-refractivity contribution in [2.24, 2.45) is 23.7 Å². The lowest BCUT2D eigenvalue weighted by Crippen LogP contribution is -3.15. The van der Waals surface area contributed by atoms with Gasteiger partial charge in [0.2, 0.25) is 5.91 Å². The van der Waals surface area contributed by atoms with Crippen molar-refractivity contribution in [3.05, 3.63) is 0 Å². The van der Waals surface area contributed by atoms with E-state index in [-0.39, 0.29) is 48.2 Å². The average molecular weight is 457 g/mol. The number of piperidine rings is 1. The van der Waals surface area contributed by atoms with Gasteiger partial charge in [-0.3, -0.25) is 9.69 Å². The highest BCUT2D eigenvalue weighted by molar-refractivity contribution is 7.91. The van der Waals surface area contributed by atoms with Crippen LogP contribution in [0.4, 0.5) is 0 Å². The molecule has 0 aromatic heterocycles. The Labute approximate surface area is 185 Å². The summed E-state index contributed by atoms with van der Waals surface area (Å²) in [7, 11) is 0.529. The first-order valence-electron chi connectivity index (χ1n) is 11.9. The van der Waals surface area contributed by atoms with Gasteiger partial charge in [0.15, 0.2) is 9.84 Å². The fourth-order valence-corrected chi connectivity index (χ4v) is 10.4. The van der Waals surface area contributed by atoms with Gasteiger partial charge in [-0.05, 0) is 43.4 Å². The maximum absolute atomic E-state index is 13.0. The molecule has 3 saturated heterocycles. The summed E-state index contributed by atoms with van der Waals surface area (Å²) >= 11 is 0. The predicted octanol–water partition coefficient (Wildman–Crippen LogP) is -1.36. The molecule has 2 aliphatic carbocycles. The molecule has 1 amide bonds. The fourth-order valence-electron chi connectivity index (χ4n) is 8.67. The number of aliphatic hydroxyl groups excluding tert-OH is 1. The molecule has 2 saturated carbocycles. The van der Waals surface area contributed by atoms with Gasteiger partial charge in [0, 0.05) is 44.7 Å². The average Bonchev–Trinajstić information content (AvgIpc) is 3.12. The van der Waals surface area contributed by atoms with E-state index in [1.54, 1.807) is 14.0 Å². The molecule has 9 heteroatoms. The van der Waals surface area contributed by atoms with E-state index in [9.17, 15) is 18.3 Å². The summed E-state index contributed by atoms with van der Waals surface area (Å²) < 4.78 is 32.0. The molecule has 176 valence electrons. The van der Waals surface area contributed by atoms with Crippen LogP contribution >= 0.6 is 0 Å². The number of hydrogen-bond acceptors (Lipinski definition) is 6. The van der Waals surface area contributed by atoms with Crippen molar-refractivity contribution in [3.63, 3.8) is 0 Å². The van der Waals surface area contributed by atoms with E-state index < -0.39 is 15.1 Å².